The van der Waals surface area contributed by atoms with Crippen molar-refractivity contribution in [1.82, 2.24) is 25.4 Å². The van der Waals surface area contributed by atoms with Crippen LogP contribution in [0.15, 0.2) is 30.9 Å². The molecular weight excluding hydrogens is 285 g/mol. The van der Waals surface area contributed by atoms with E-state index in [1.807, 2.05) is 6.07 Å². The molecule has 1 aromatic carbocycles. The van der Waals surface area contributed by atoms with Gasteiger partial charge in [-0.15, -0.1) is 0 Å². The van der Waals surface area contributed by atoms with Crippen molar-refractivity contribution in [3.8, 4) is 5.69 Å². The number of benzene rings is 1. The third-order valence-corrected chi connectivity index (χ3v) is 3.77. The molecule has 1 amide bonds. The minimum absolute atomic E-state index is 0.0252. The Labute approximate surface area is 127 Å². The smallest absolute Gasteiger partial charge is 0.237 e. The molecule has 1 saturated heterocycles. The molecule has 1 aliphatic rings. The van der Waals surface area contributed by atoms with Gasteiger partial charge in [0, 0.05) is 13.1 Å². The molecule has 0 unspecified atom stereocenters. The summed E-state index contributed by atoms with van der Waals surface area (Å²) in [5, 5.41) is 9.99. The molecular formula is C15H18FN5O. The second-order valence-electron chi connectivity index (χ2n) is 5.35. The fraction of sp³-hybridized carbons (Fsp3) is 0.400. The van der Waals surface area contributed by atoms with Gasteiger partial charge in [0.15, 0.2) is 0 Å². The van der Waals surface area contributed by atoms with Gasteiger partial charge in [0.25, 0.3) is 0 Å². The fourth-order valence-corrected chi connectivity index (χ4v) is 2.55. The third kappa shape index (κ3) is 3.30. The van der Waals surface area contributed by atoms with Gasteiger partial charge in [-0.3, -0.25) is 4.79 Å². The summed E-state index contributed by atoms with van der Waals surface area (Å²) in [5.41, 5.74) is 1.15. The number of carbonyl (C=O) groups is 1. The third-order valence-electron chi connectivity index (χ3n) is 3.77. The lowest BCUT2D eigenvalue weighted by Gasteiger charge is -2.15. The van der Waals surface area contributed by atoms with Gasteiger partial charge in [0.2, 0.25) is 5.91 Å². The van der Waals surface area contributed by atoms with Crippen LogP contribution in [0.3, 0.4) is 0 Å². The molecule has 3 rings (SSSR count). The number of hydrogen-bond donors (Lipinski definition) is 2. The molecule has 7 heteroatoms. The van der Waals surface area contributed by atoms with Gasteiger partial charge in [0.05, 0.1) is 6.04 Å². The number of halogens is 1. The summed E-state index contributed by atoms with van der Waals surface area (Å²) in [6, 6.07) is 4.73. The Bertz CT molecular complexity index is 643. The second kappa shape index (κ2) is 6.65. The van der Waals surface area contributed by atoms with Crippen LogP contribution in [0.25, 0.3) is 5.69 Å². The largest absolute Gasteiger partial charge is 0.355 e. The van der Waals surface area contributed by atoms with Gasteiger partial charge in [0.1, 0.15) is 24.2 Å². The maximum atomic E-state index is 14.1. The average Bonchev–Trinajstić information content (AvgIpc) is 2.96. The second-order valence-corrected chi connectivity index (χ2v) is 5.35. The Hall–Kier alpha value is -2.28. The molecule has 0 spiro atoms. The highest BCUT2D eigenvalue weighted by Gasteiger charge is 2.19. The van der Waals surface area contributed by atoms with Crippen molar-refractivity contribution < 1.29 is 9.18 Å². The standard InChI is InChI=1S/C15H18FN5O/c16-12-7-11(4-5-14(12)21-10-17-9-20-21)8-19-13-3-1-2-6-18-15(13)22/h4-5,7,9-10,13,19H,1-3,6,8H2,(H,18,22)/t13-/m1/s1. The number of nitrogens with one attached hydrogen (secondary N) is 2. The number of aromatic nitrogens is 3. The van der Waals surface area contributed by atoms with Gasteiger partial charge in [-0.25, -0.2) is 14.1 Å². The Kier molecular flexibility index (Phi) is 4.43. The van der Waals surface area contributed by atoms with Gasteiger partial charge in [-0.1, -0.05) is 6.07 Å². The van der Waals surface area contributed by atoms with Crippen molar-refractivity contribution in [2.75, 3.05) is 6.54 Å². The number of nitrogens with zero attached hydrogens (tertiary/aromatic N) is 3. The van der Waals surface area contributed by atoms with Crippen LogP contribution >= 0.6 is 0 Å². The predicted molar refractivity (Wildman–Crippen MR) is 78.8 cm³/mol. The first-order valence-corrected chi connectivity index (χ1v) is 7.38. The minimum atomic E-state index is -0.366. The zero-order valence-electron chi connectivity index (χ0n) is 12.1. The average molecular weight is 303 g/mol. The van der Waals surface area contributed by atoms with Gasteiger partial charge in [-0.05, 0) is 37.0 Å². The van der Waals surface area contributed by atoms with E-state index in [-0.39, 0.29) is 17.8 Å². The number of amides is 1. The van der Waals surface area contributed by atoms with E-state index in [4.69, 9.17) is 0 Å². The highest BCUT2D eigenvalue weighted by molar-refractivity contribution is 5.81. The zero-order chi connectivity index (χ0) is 15.4. The van der Waals surface area contributed by atoms with Crippen LogP contribution in [-0.4, -0.2) is 33.3 Å². The van der Waals surface area contributed by atoms with E-state index in [0.717, 1.165) is 31.4 Å². The van der Waals surface area contributed by atoms with E-state index in [9.17, 15) is 9.18 Å². The maximum Gasteiger partial charge on any atom is 0.237 e. The zero-order valence-corrected chi connectivity index (χ0v) is 12.1. The van der Waals surface area contributed by atoms with Gasteiger partial charge in [-0.2, -0.15) is 5.10 Å². The van der Waals surface area contributed by atoms with Crippen LogP contribution in [0.5, 0.6) is 0 Å². The lowest BCUT2D eigenvalue weighted by atomic mass is 10.1. The van der Waals surface area contributed by atoms with E-state index in [0.29, 0.717) is 12.2 Å². The molecule has 6 nitrogen and oxygen atoms in total. The van der Waals surface area contributed by atoms with Crippen molar-refractivity contribution in [3.05, 3.63) is 42.2 Å². The predicted octanol–water partition coefficient (Wildman–Crippen LogP) is 1.16. The van der Waals surface area contributed by atoms with Crippen molar-refractivity contribution >= 4 is 5.91 Å². The van der Waals surface area contributed by atoms with Crippen LogP contribution < -0.4 is 10.6 Å². The molecule has 0 saturated carbocycles. The van der Waals surface area contributed by atoms with Gasteiger partial charge >= 0.3 is 0 Å². The van der Waals surface area contributed by atoms with Crippen LogP contribution in [0.1, 0.15) is 24.8 Å². The summed E-state index contributed by atoms with van der Waals surface area (Å²) >= 11 is 0. The van der Waals surface area contributed by atoms with Crippen LogP contribution in [-0.2, 0) is 11.3 Å². The molecule has 2 heterocycles. The van der Waals surface area contributed by atoms with Crippen molar-refractivity contribution in [1.29, 1.82) is 0 Å². The molecule has 0 aliphatic carbocycles. The summed E-state index contributed by atoms with van der Waals surface area (Å²) in [7, 11) is 0. The minimum Gasteiger partial charge on any atom is -0.355 e. The Morgan fingerprint density at radius 2 is 2.32 bits per heavy atom. The first kappa shape index (κ1) is 14.6. The normalized spacial score (nSPS) is 18.8. The Morgan fingerprint density at radius 3 is 3.09 bits per heavy atom. The molecule has 2 aromatic rings. The van der Waals surface area contributed by atoms with Gasteiger partial charge < -0.3 is 10.6 Å². The van der Waals surface area contributed by atoms with E-state index >= 15 is 0 Å². The highest BCUT2D eigenvalue weighted by atomic mass is 19.1. The molecule has 116 valence electrons. The first-order valence-electron chi connectivity index (χ1n) is 7.38. The number of hydrogen-bond acceptors (Lipinski definition) is 4. The van der Waals surface area contributed by atoms with Crippen molar-refractivity contribution in [2.24, 2.45) is 0 Å². The summed E-state index contributed by atoms with van der Waals surface area (Å²) < 4.78 is 15.5. The monoisotopic (exact) mass is 303 g/mol. The molecule has 0 radical (unpaired) electrons. The van der Waals surface area contributed by atoms with Crippen LogP contribution in [0.2, 0.25) is 0 Å². The lowest BCUT2D eigenvalue weighted by Crippen LogP contribution is -2.42. The van der Waals surface area contributed by atoms with E-state index in [1.165, 1.54) is 23.4 Å². The van der Waals surface area contributed by atoms with Crippen molar-refractivity contribution in [2.45, 2.75) is 31.8 Å². The SMILES string of the molecule is O=C1NCCCC[C@H]1NCc1ccc(-n2cncn2)c(F)c1. The summed E-state index contributed by atoms with van der Waals surface area (Å²) in [6.45, 7) is 1.19. The van der Waals surface area contributed by atoms with Crippen LogP contribution in [0.4, 0.5) is 4.39 Å². The summed E-state index contributed by atoms with van der Waals surface area (Å²) in [5.74, 6) is -0.340. The van der Waals surface area contributed by atoms with E-state index in [1.54, 1.807) is 6.07 Å². The Morgan fingerprint density at radius 1 is 1.41 bits per heavy atom. The maximum absolute atomic E-state index is 14.1. The molecule has 22 heavy (non-hydrogen) atoms. The summed E-state index contributed by atoms with van der Waals surface area (Å²) in [6.07, 6.45) is 5.64. The molecule has 1 atom stereocenters. The highest BCUT2D eigenvalue weighted by Crippen LogP contribution is 2.14. The number of rotatable bonds is 4. The van der Waals surface area contributed by atoms with Crippen LogP contribution in [0, 0.1) is 5.82 Å². The molecule has 1 aliphatic heterocycles. The molecule has 1 fully saturated rings. The topological polar surface area (TPSA) is 71.8 Å². The van der Waals surface area contributed by atoms with E-state index in [2.05, 4.69) is 20.7 Å². The lowest BCUT2D eigenvalue weighted by molar-refractivity contribution is -0.122. The Balaban J connectivity index is 1.66. The van der Waals surface area contributed by atoms with E-state index < -0.39 is 0 Å². The summed E-state index contributed by atoms with van der Waals surface area (Å²) in [4.78, 5) is 15.7. The first-order chi connectivity index (χ1) is 10.7. The molecule has 2 N–H and O–H groups in total. The van der Waals surface area contributed by atoms with Crippen molar-refractivity contribution in [3.63, 3.8) is 0 Å². The molecule has 0 bridgehead atoms. The number of carbonyl (C=O) groups excluding carboxylic acids is 1. The molecule has 1 aromatic heterocycles. The quantitative estimate of drug-likeness (QED) is 0.889. The fourth-order valence-electron chi connectivity index (χ4n) is 2.55.